The quantitative estimate of drug-likeness (QED) is 0.376. The third kappa shape index (κ3) is 7.69. The van der Waals surface area contributed by atoms with E-state index in [1.165, 1.54) is 77.0 Å². The highest BCUT2D eigenvalue weighted by Crippen LogP contribution is 2.24. The molecule has 0 atom stereocenters. The van der Waals surface area contributed by atoms with Crippen LogP contribution in [-0.4, -0.2) is 4.57 Å². The Morgan fingerprint density at radius 1 is 0.909 bits per heavy atom. The highest BCUT2D eigenvalue weighted by molar-refractivity contribution is 5.25. The normalized spacial score (nSPS) is 11.0. The molecule has 0 fully saturated rings. The number of rotatable bonds is 13. The van der Waals surface area contributed by atoms with Crippen molar-refractivity contribution in [1.29, 1.82) is 5.26 Å². The van der Waals surface area contributed by atoms with Crippen molar-refractivity contribution in [2.75, 3.05) is 0 Å². The molecule has 124 valence electrons. The summed E-state index contributed by atoms with van der Waals surface area (Å²) in [5.41, 5.74) is 0.793. The van der Waals surface area contributed by atoms with Gasteiger partial charge in [-0.3, -0.25) is 0 Å². The van der Waals surface area contributed by atoms with Crippen LogP contribution in [-0.2, 0) is 0 Å². The lowest BCUT2D eigenvalue weighted by atomic mass is 10.0. The van der Waals surface area contributed by atoms with Gasteiger partial charge in [-0.2, -0.15) is 5.26 Å². The van der Waals surface area contributed by atoms with Crippen LogP contribution in [0.5, 0.6) is 0 Å². The van der Waals surface area contributed by atoms with Crippen molar-refractivity contribution in [2.45, 2.75) is 96.9 Å². The van der Waals surface area contributed by atoms with E-state index in [0.29, 0.717) is 6.04 Å². The van der Waals surface area contributed by atoms with Crippen LogP contribution < -0.4 is 0 Å². The SMILES string of the molecule is CCCCCCCC(CCCCCCC)n1ccc(C#N)c1. The zero-order valence-electron chi connectivity index (χ0n) is 14.7. The van der Waals surface area contributed by atoms with Gasteiger partial charge in [0.2, 0.25) is 0 Å². The molecule has 0 N–H and O–H groups in total. The average Bonchev–Trinajstić information content (AvgIpc) is 3.01. The highest BCUT2D eigenvalue weighted by Gasteiger charge is 2.11. The number of aromatic nitrogens is 1. The van der Waals surface area contributed by atoms with Gasteiger partial charge in [0.25, 0.3) is 0 Å². The molecule has 2 nitrogen and oxygen atoms in total. The molecule has 1 aromatic rings. The summed E-state index contributed by atoms with van der Waals surface area (Å²) in [6, 6.07) is 4.78. The molecule has 1 aromatic heterocycles. The fraction of sp³-hybridized carbons (Fsp3) is 0.750. The summed E-state index contributed by atoms with van der Waals surface area (Å²) in [7, 11) is 0. The number of hydrogen-bond acceptors (Lipinski definition) is 1. The second kappa shape index (κ2) is 12.3. The zero-order valence-corrected chi connectivity index (χ0v) is 14.7. The summed E-state index contributed by atoms with van der Waals surface area (Å²) < 4.78 is 2.29. The third-order valence-electron chi connectivity index (χ3n) is 4.55. The lowest BCUT2D eigenvalue weighted by Crippen LogP contribution is -2.07. The van der Waals surface area contributed by atoms with E-state index >= 15 is 0 Å². The summed E-state index contributed by atoms with van der Waals surface area (Å²) in [5, 5.41) is 9.02. The number of nitrogens with zero attached hydrogens (tertiary/aromatic N) is 2. The zero-order chi connectivity index (χ0) is 16.0. The molecule has 2 heteroatoms. The van der Waals surface area contributed by atoms with Gasteiger partial charge >= 0.3 is 0 Å². The van der Waals surface area contributed by atoms with Gasteiger partial charge in [-0.05, 0) is 18.9 Å². The van der Waals surface area contributed by atoms with E-state index < -0.39 is 0 Å². The van der Waals surface area contributed by atoms with E-state index in [4.69, 9.17) is 5.26 Å². The Hall–Kier alpha value is -1.23. The van der Waals surface area contributed by atoms with E-state index in [0.717, 1.165) is 5.56 Å². The van der Waals surface area contributed by atoms with Crippen molar-refractivity contribution in [1.82, 2.24) is 4.57 Å². The molecule has 0 bridgehead atoms. The van der Waals surface area contributed by atoms with E-state index in [2.05, 4.69) is 30.7 Å². The second-order valence-electron chi connectivity index (χ2n) is 6.52. The minimum atomic E-state index is 0.588. The molecular formula is C20H34N2. The minimum Gasteiger partial charge on any atom is -0.350 e. The Morgan fingerprint density at radius 3 is 1.91 bits per heavy atom. The monoisotopic (exact) mass is 302 g/mol. The van der Waals surface area contributed by atoms with Gasteiger partial charge in [-0.25, -0.2) is 0 Å². The van der Waals surface area contributed by atoms with Crippen molar-refractivity contribution in [3.8, 4) is 6.07 Å². The first-order chi connectivity index (χ1) is 10.8. The van der Waals surface area contributed by atoms with Crippen molar-refractivity contribution >= 4 is 0 Å². The van der Waals surface area contributed by atoms with Gasteiger partial charge in [0.05, 0.1) is 5.56 Å². The molecule has 0 saturated carbocycles. The topological polar surface area (TPSA) is 28.7 Å². The van der Waals surface area contributed by atoms with Crippen LogP contribution in [0.1, 0.15) is 103 Å². The van der Waals surface area contributed by atoms with Gasteiger partial charge in [0, 0.05) is 18.4 Å². The second-order valence-corrected chi connectivity index (χ2v) is 6.52. The fourth-order valence-electron chi connectivity index (χ4n) is 3.12. The molecule has 1 heterocycles. The summed E-state index contributed by atoms with van der Waals surface area (Å²) in [5.74, 6) is 0. The van der Waals surface area contributed by atoms with Crippen LogP contribution in [0.25, 0.3) is 0 Å². The first-order valence-corrected chi connectivity index (χ1v) is 9.39. The first-order valence-electron chi connectivity index (χ1n) is 9.39. The van der Waals surface area contributed by atoms with Gasteiger partial charge in [-0.1, -0.05) is 78.1 Å². The Kier molecular flexibility index (Phi) is 10.5. The maximum Gasteiger partial charge on any atom is 0.101 e. The molecule has 0 unspecified atom stereocenters. The highest BCUT2D eigenvalue weighted by atomic mass is 15.0. The molecule has 0 aliphatic rings. The number of hydrogen-bond donors (Lipinski definition) is 0. The van der Waals surface area contributed by atoms with E-state index in [9.17, 15) is 0 Å². The maximum absolute atomic E-state index is 9.02. The van der Waals surface area contributed by atoms with Crippen LogP contribution in [0.3, 0.4) is 0 Å². The van der Waals surface area contributed by atoms with Crippen molar-refractivity contribution < 1.29 is 0 Å². The Balaban J connectivity index is 2.40. The van der Waals surface area contributed by atoms with Crippen LogP contribution in [0, 0.1) is 11.3 Å². The fourth-order valence-corrected chi connectivity index (χ4v) is 3.12. The van der Waals surface area contributed by atoms with Gasteiger partial charge in [0.1, 0.15) is 6.07 Å². The lowest BCUT2D eigenvalue weighted by molar-refractivity contribution is 0.396. The van der Waals surface area contributed by atoms with Gasteiger partial charge in [-0.15, -0.1) is 0 Å². The molecule has 1 rings (SSSR count). The Labute approximate surface area is 137 Å². The van der Waals surface area contributed by atoms with E-state index in [-0.39, 0.29) is 0 Å². The molecule has 0 aliphatic carbocycles. The third-order valence-corrected chi connectivity index (χ3v) is 4.55. The van der Waals surface area contributed by atoms with Crippen LogP contribution >= 0.6 is 0 Å². The Morgan fingerprint density at radius 2 is 1.45 bits per heavy atom. The van der Waals surface area contributed by atoms with Gasteiger partial charge in [0.15, 0.2) is 0 Å². The molecular weight excluding hydrogens is 268 g/mol. The molecule has 0 amide bonds. The maximum atomic E-state index is 9.02. The summed E-state index contributed by atoms with van der Waals surface area (Å²) in [4.78, 5) is 0. The standard InChI is InChI=1S/C20H34N2/c1-3-5-7-9-11-13-20(14-12-10-8-6-4-2)22-16-15-19(17-21)18-22/h15-16,18,20H,3-14H2,1-2H3. The molecule has 0 spiro atoms. The number of unbranched alkanes of at least 4 members (excludes halogenated alkanes) is 8. The largest absolute Gasteiger partial charge is 0.350 e. The van der Waals surface area contributed by atoms with E-state index in [1.54, 1.807) is 0 Å². The summed E-state index contributed by atoms with van der Waals surface area (Å²) >= 11 is 0. The minimum absolute atomic E-state index is 0.588. The van der Waals surface area contributed by atoms with Gasteiger partial charge < -0.3 is 4.57 Å². The predicted octanol–water partition coefficient (Wildman–Crippen LogP) is 6.62. The molecule has 0 aliphatic heterocycles. The summed E-state index contributed by atoms with van der Waals surface area (Å²) in [6.07, 6.45) is 20.1. The van der Waals surface area contributed by atoms with Crippen molar-refractivity contribution in [3.63, 3.8) is 0 Å². The predicted molar refractivity (Wildman–Crippen MR) is 94.9 cm³/mol. The molecule has 0 aromatic carbocycles. The average molecular weight is 303 g/mol. The Bertz CT molecular complexity index is 400. The number of nitriles is 1. The van der Waals surface area contributed by atoms with E-state index in [1.807, 2.05) is 12.3 Å². The molecule has 0 radical (unpaired) electrons. The van der Waals surface area contributed by atoms with Crippen LogP contribution in [0.4, 0.5) is 0 Å². The van der Waals surface area contributed by atoms with Crippen LogP contribution in [0.15, 0.2) is 18.5 Å². The van der Waals surface area contributed by atoms with Crippen molar-refractivity contribution in [2.24, 2.45) is 0 Å². The lowest BCUT2D eigenvalue weighted by Gasteiger charge is -2.19. The smallest absolute Gasteiger partial charge is 0.101 e. The van der Waals surface area contributed by atoms with Crippen molar-refractivity contribution in [3.05, 3.63) is 24.0 Å². The summed E-state index contributed by atoms with van der Waals surface area (Å²) in [6.45, 7) is 4.53. The van der Waals surface area contributed by atoms with Crippen LogP contribution in [0.2, 0.25) is 0 Å². The molecule has 0 saturated heterocycles. The first kappa shape index (κ1) is 18.8. The molecule has 22 heavy (non-hydrogen) atoms.